The van der Waals surface area contributed by atoms with Crippen LogP contribution in [0.4, 0.5) is 0 Å². The predicted molar refractivity (Wildman–Crippen MR) is 74.1 cm³/mol. The third kappa shape index (κ3) is 2.56. The first-order chi connectivity index (χ1) is 8.49. The Balaban J connectivity index is 2.24. The van der Waals surface area contributed by atoms with Crippen LogP contribution in [0, 0.1) is 20.8 Å². The summed E-state index contributed by atoms with van der Waals surface area (Å²) < 4.78 is 0. The molecule has 2 rings (SSSR count). The van der Waals surface area contributed by atoms with Crippen molar-refractivity contribution in [2.75, 3.05) is 33.2 Å². The van der Waals surface area contributed by atoms with E-state index in [1.54, 1.807) is 0 Å². The van der Waals surface area contributed by atoms with Gasteiger partial charge in [-0.05, 0) is 38.9 Å². The molecule has 3 nitrogen and oxygen atoms in total. The van der Waals surface area contributed by atoms with Crippen LogP contribution >= 0.6 is 0 Å². The van der Waals surface area contributed by atoms with E-state index in [2.05, 4.69) is 31.0 Å². The minimum absolute atomic E-state index is 0.193. The molecule has 1 saturated heterocycles. The molecule has 0 aliphatic carbocycles. The fraction of sp³-hybridized carbons (Fsp3) is 0.533. The highest BCUT2D eigenvalue weighted by molar-refractivity contribution is 5.97. The highest BCUT2D eigenvalue weighted by Crippen LogP contribution is 2.19. The Kier molecular flexibility index (Phi) is 3.71. The maximum absolute atomic E-state index is 12.6. The van der Waals surface area contributed by atoms with Crippen LogP contribution in [0.25, 0.3) is 0 Å². The summed E-state index contributed by atoms with van der Waals surface area (Å²) in [5.41, 5.74) is 4.30. The monoisotopic (exact) mass is 246 g/mol. The van der Waals surface area contributed by atoms with Gasteiger partial charge in [0.1, 0.15) is 0 Å². The highest BCUT2D eigenvalue weighted by atomic mass is 16.2. The van der Waals surface area contributed by atoms with Crippen molar-refractivity contribution in [1.82, 2.24) is 9.80 Å². The largest absolute Gasteiger partial charge is 0.336 e. The van der Waals surface area contributed by atoms with E-state index in [-0.39, 0.29) is 5.91 Å². The number of piperazine rings is 1. The summed E-state index contributed by atoms with van der Waals surface area (Å²) in [4.78, 5) is 16.8. The number of hydrogen-bond donors (Lipinski definition) is 0. The number of rotatable bonds is 1. The smallest absolute Gasteiger partial charge is 0.254 e. The van der Waals surface area contributed by atoms with Crippen molar-refractivity contribution in [3.63, 3.8) is 0 Å². The van der Waals surface area contributed by atoms with Crippen molar-refractivity contribution in [1.29, 1.82) is 0 Å². The summed E-state index contributed by atoms with van der Waals surface area (Å²) in [7, 11) is 2.10. The minimum atomic E-state index is 0.193. The number of hydrogen-bond acceptors (Lipinski definition) is 2. The van der Waals surface area contributed by atoms with Crippen LogP contribution in [-0.2, 0) is 0 Å². The zero-order valence-corrected chi connectivity index (χ0v) is 11.8. The van der Waals surface area contributed by atoms with E-state index < -0.39 is 0 Å². The average Bonchev–Trinajstić information content (AvgIpc) is 2.28. The number of aryl methyl sites for hydroxylation is 3. The Labute approximate surface area is 109 Å². The Morgan fingerprint density at radius 1 is 1.00 bits per heavy atom. The van der Waals surface area contributed by atoms with Crippen LogP contribution < -0.4 is 0 Å². The third-order valence-electron chi connectivity index (χ3n) is 3.68. The molecular weight excluding hydrogens is 224 g/mol. The summed E-state index contributed by atoms with van der Waals surface area (Å²) in [5.74, 6) is 0.193. The predicted octanol–water partition coefficient (Wildman–Crippen LogP) is 2.00. The Morgan fingerprint density at radius 2 is 1.50 bits per heavy atom. The maximum atomic E-state index is 12.6. The molecule has 0 unspecified atom stereocenters. The van der Waals surface area contributed by atoms with Crippen molar-refractivity contribution >= 4 is 5.91 Å². The number of nitrogens with zero attached hydrogens (tertiary/aromatic N) is 2. The topological polar surface area (TPSA) is 23.6 Å². The van der Waals surface area contributed by atoms with Crippen molar-refractivity contribution < 1.29 is 4.79 Å². The first kappa shape index (κ1) is 13.1. The molecule has 1 amide bonds. The standard InChI is InChI=1S/C15H22N2O/c1-11-9-12(2)14(13(3)10-11)15(18)17-7-5-16(4)6-8-17/h9-10H,5-8H2,1-4H3. The zero-order valence-electron chi connectivity index (χ0n) is 11.8. The molecule has 0 radical (unpaired) electrons. The van der Waals surface area contributed by atoms with E-state index in [0.29, 0.717) is 0 Å². The average molecular weight is 246 g/mol. The maximum Gasteiger partial charge on any atom is 0.254 e. The highest BCUT2D eigenvalue weighted by Gasteiger charge is 2.22. The van der Waals surface area contributed by atoms with Gasteiger partial charge in [-0.25, -0.2) is 0 Å². The molecule has 0 aromatic heterocycles. The number of likely N-dealkylation sites (N-methyl/N-ethyl adjacent to an activating group) is 1. The van der Waals surface area contributed by atoms with E-state index in [0.717, 1.165) is 42.9 Å². The summed E-state index contributed by atoms with van der Waals surface area (Å²) >= 11 is 0. The van der Waals surface area contributed by atoms with Gasteiger partial charge in [0.25, 0.3) is 5.91 Å². The normalized spacial score (nSPS) is 17.0. The lowest BCUT2D eigenvalue weighted by Gasteiger charge is -2.33. The SMILES string of the molecule is Cc1cc(C)c(C(=O)N2CCN(C)CC2)c(C)c1. The van der Waals surface area contributed by atoms with E-state index >= 15 is 0 Å². The van der Waals surface area contributed by atoms with E-state index in [1.807, 2.05) is 18.7 Å². The molecule has 1 aromatic rings. The van der Waals surface area contributed by atoms with Crippen LogP contribution in [0.5, 0.6) is 0 Å². The molecule has 1 aromatic carbocycles. The molecule has 0 bridgehead atoms. The summed E-state index contributed by atoms with van der Waals surface area (Å²) in [6, 6.07) is 4.19. The van der Waals surface area contributed by atoms with Crippen molar-refractivity contribution in [3.8, 4) is 0 Å². The van der Waals surface area contributed by atoms with E-state index in [4.69, 9.17) is 0 Å². The molecule has 1 fully saturated rings. The van der Waals surface area contributed by atoms with Crippen molar-refractivity contribution in [2.24, 2.45) is 0 Å². The van der Waals surface area contributed by atoms with Gasteiger partial charge in [-0.15, -0.1) is 0 Å². The molecule has 0 saturated carbocycles. The first-order valence-electron chi connectivity index (χ1n) is 6.54. The van der Waals surface area contributed by atoms with Crippen LogP contribution in [-0.4, -0.2) is 48.9 Å². The van der Waals surface area contributed by atoms with Gasteiger partial charge in [0.05, 0.1) is 0 Å². The minimum Gasteiger partial charge on any atom is -0.336 e. The van der Waals surface area contributed by atoms with Crippen LogP contribution in [0.1, 0.15) is 27.0 Å². The molecular formula is C15H22N2O. The van der Waals surface area contributed by atoms with Gasteiger partial charge in [0, 0.05) is 31.7 Å². The molecule has 0 atom stereocenters. The van der Waals surface area contributed by atoms with Crippen LogP contribution in [0.2, 0.25) is 0 Å². The van der Waals surface area contributed by atoms with Crippen molar-refractivity contribution in [2.45, 2.75) is 20.8 Å². The number of amides is 1. The fourth-order valence-electron chi connectivity index (χ4n) is 2.69. The second-order valence-electron chi connectivity index (χ2n) is 5.37. The summed E-state index contributed by atoms with van der Waals surface area (Å²) in [6.07, 6.45) is 0. The van der Waals surface area contributed by atoms with Crippen LogP contribution in [0.3, 0.4) is 0 Å². The van der Waals surface area contributed by atoms with Gasteiger partial charge < -0.3 is 9.80 Å². The van der Waals surface area contributed by atoms with Crippen molar-refractivity contribution in [3.05, 3.63) is 34.4 Å². The lowest BCUT2D eigenvalue weighted by Crippen LogP contribution is -2.47. The number of carbonyl (C=O) groups is 1. The van der Waals surface area contributed by atoms with Gasteiger partial charge in [-0.2, -0.15) is 0 Å². The molecule has 98 valence electrons. The second-order valence-corrected chi connectivity index (χ2v) is 5.37. The first-order valence-corrected chi connectivity index (χ1v) is 6.54. The number of carbonyl (C=O) groups excluding carboxylic acids is 1. The third-order valence-corrected chi connectivity index (χ3v) is 3.68. The van der Waals surface area contributed by atoms with Gasteiger partial charge >= 0.3 is 0 Å². The molecule has 3 heteroatoms. The van der Waals surface area contributed by atoms with Gasteiger partial charge in [0.15, 0.2) is 0 Å². The quantitative estimate of drug-likeness (QED) is 0.756. The molecule has 1 aliphatic rings. The van der Waals surface area contributed by atoms with E-state index in [9.17, 15) is 4.79 Å². The summed E-state index contributed by atoms with van der Waals surface area (Å²) in [6.45, 7) is 9.74. The Morgan fingerprint density at radius 3 is 2.00 bits per heavy atom. The molecule has 18 heavy (non-hydrogen) atoms. The lowest BCUT2D eigenvalue weighted by atomic mass is 9.98. The zero-order chi connectivity index (χ0) is 13.3. The van der Waals surface area contributed by atoms with E-state index in [1.165, 1.54) is 5.56 Å². The molecule has 0 N–H and O–H groups in total. The second kappa shape index (κ2) is 5.11. The number of benzene rings is 1. The molecule has 1 heterocycles. The van der Waals surface area contributed by atoms with Gasteiger partial charge in [0.2, 0.25) is 0 Å². The van der Waals surface area contributed by atoms with Crippen LogP contribution in [0.15, 0.2) is 12.1 Å². The van der Waals surface area contributed by atoms with Gasteiger partial charge in [-0.1, -0.05) is 17.7 Å². The Bertz CT molecular complexity index is 437. The van der Waals surface area contributed by atoms with Gasteiger partial charge in [-0.3, -0.25) is 4.79 Å². The summed E-state index contributed by atoms with van der Waals surface area (Å²) in [5, 5.41) is 0. The Hall–Kier alpha value is -1.35. The lowest BCUT2D eigenvalue weighted by molar-refractivity contribution is 0.0662. The molecule has 1 aliphatic heterocycles. The fourth-order valence-corrected chi connectivity index (χ4v) is 2.69. The molecule has 0 spiro atoms.